The highest BCUT2D eigenvalue weighted by atomic mass is 127. The van der Waals surface area contributed by atoms with Crippen LogP contribution in [0.4, 0.5) is 0 Å². The molecule has 6 nitrogen and oxygen atoms in total. The molecule has 1 aliphatic heterocycles. The number of rotatable bonds is 5. The van der Waals surface area contributed by atoms with E-state index in [-0.39, 0.29) is 30.1 Å². The number of thiophene rings is 1. The average molecular weight is 475 g/mol. The molecule has 2 aromatic heterocycles. The van der Waals surface area contributed by atoms with E-state index < -0.39 is 0 Å². The molecule has 3 rings (SSSR count). The van der Waals surface area contributed by atoms with Crippen LogP contribution in [0.5, 0.6) is 0 Å². The number of hydrogen-bond donors (Lipinski definition) is 1. The Morgan fingerprint density at radius 1 is 1.52 bits per heavy atom. The van der Waals surface area contributed by atoms with Crippen LogP contribution in [0, 0.1) is 0 Å². The number of halogens is 1. The van der Waals surface area contributed by atoms with Crippen LogP contribution >= 0.6 is 35.3 Å². The van der Waals surface area contributed by atoms with E-state index in [1.54, 1.807) is 11.3 Å². The van der Waals surface area contributed by atoms with Gasteiger partial charge in [-0.2, -0.15) is 5.10 Å². The molecular formula is C17H26IN5OS. The summed E-state index contributed by atoms with van der Waals surface area (Å²) in [7, 11) is 1.93. The molecule has 0 bridgehead atoms. The molecule has 0 amide bonds. The van der Waals surface area contributed by atoms with Crippen LogP contribution in [0.3, 0.4) is 0 Å². The molecule has 1 fully saturated rings. The van der Waals surface area contributed by atoms with Crippen molar-refractivity contribution >= 4 is 41.3 Å². The molecule has 0 aromatic carbocycles. The van der Waals surface area contributed by atoms with Crippen molar-refractivity contribution in [2.75, 3.05) is 32.8 Å². The molecule has 25 heavy (non-hydrogen) atoms. The number of morpholine rings is 1. The van der Waals surface area contributed by atoms with E-state index in [0.29, 0.717) is 6.61 Å². The maximum atomic E-state index is 5.92. The van der Waals surface area contributed by atoms with Gasteiger partial charge < -0.3 is 15.0 Å². The molecule has 138 valence electrons. The third kappa shape index (κ3) is 5.68. The monoisotopic (exact) mass is 475 g/mol. The highest BCUT2D eigenvalue weighted by molar-refractivity contribution is 14.0. The summed E-state index contributed by atoms with van der Waals surface area (Å²) in [5.41, 5.74) is 1.12. The molecule has 0 aliphatic carbocycles. The maximum Gasteiger partial charge on any atom is 0.194 e. The van der Waals surface area contributed by atoms with Gasteiger partial charge in [0.25, 0.3) is 0 Å². The summed E-state index contributed by atoms with van der Waals surface area (Å²) in [6, 6.07) is 4.26. The van der Waals surface area contributed by atoms with Crippen LogP contribution in [0.15, 0.2) is 34.9 Å². The normalized spacial score (nSPS) is 18.1. The fourth-order valence-corrected chi connectivity index (χ4v) is 3.50. The zero-order valence-corrected chi connectivity index (χ0v) is 17.9. The van der Waals surface area contributed by atoms with E-state index in [1.165, 1.54) is 4.88 Å². The van der Waals surface area contributed by atoms with Crippen molar-refractivity contribution in [2.24, 2.45) is 12.0 Å². The van der Waals surface area contributed by atoms with Crippen LogP contribution < -0.4 is 5.32 Å². The third-order valence-electron chi connectivity index (χ3n) is 4.00. The highest BCUT2D eigenvalue weighted by Crippen LogP contribution is 2.21. The first kappa shape index (κ1) is 20.2. The number of aryl methyl sites for hydroxylation is 1. The number of nitrogens with one attached hydrogen (secondary N) is 1. The summed E-state index contributed by atoms with van der Waals surface area (Å²) in [4.78, 5) is 8.48. The topological polar surface area (TPSA) is 54.7 Å². The molecular weight excluding hydrogens is 449 g/mol. The Balaban J connectivity index is 0.00000225. The first-order valence-electron chi connectivity index (χ1n) is 8.42. The van der Waals surface area contributed by atoms with Gasteiger partial charge in [0.1, 0.15) is 6.10 Å². The van der Waals surface area contributed by atoms with Gasteiger partial charge in [0.15, 0.2) is 5.96 Å². The van der Waals surface area contributed by atoms with Gasteiger partial charge in [-0.05, 0) is 18.4 Å². The van der Waals surface area contributed by atoms with Crippen molar-refractivity contribution in [3.8, 4) is 0 Å². The third-order valence-corrected chi connectivity index (χ3v) is 4.93. The fourth-order valence-electron chi connectivity index (χ4n) is 2.80. The molecule has 1 atom stereocenters. The van der Waals surface area contributed by atoms with Gasteiger partial charge >= 0.3 is 0 Å². The lowest BCUT2D eigenvalue weighted by atomic mass is 10.1. The highest BCUT2D eigenvalue weighted by Gasteiger charge is 2.25. The van der Waals surface area contributed by atoms with Crippen molar-refractivity contribution in [3.63, 3.8) is 0 Å². The molecule has 2 aromatic rings. The predicted molar refractivity (Wildman–Crippen MR) is 113 cm³/mol. The predicted octanol–water partition coefficient (Wildman–Crippen LogP) is 2.68. The van der Waals surface area contributed by atoms with E-state index in [9.17, 15) is 0 Å². The minimum Gasteiger partial charge on any atom is -0.370 e. The summed E-state index contributed by atoms with van der Waals surface area (Å²) < 4.78 is 7.74. The fraction of sp³-hybridized carbons (Fsp3) is 0.529. The molecule has 1 N–H and O–H groups in total. The van der Waals surface area contributed by atoms with Crippen LogP contribution in [-0.2, 0) is 18.2 Å². The lowest BCUT2D eigenvalue weighted by Gasteiger charge is -2.34. The molecule has 3 heterocycles. The zero-order chi connectivity index (χ0) is 16.8. The smallest absolute Gasteiger partial charge is 0.194 e. The Hall–Kier alpha value is -1.13. The minimum atomic E-state index is 0. The van der Waals surface area contributed by atoms with E-state index in [0.717, 1.165) is 44.1 Å². The number of aromatic nitrogens is 2. The summed E-state index contributed by atoms with van der Waals surface area (Å²) in [5, 5.41) is 9.78. The lowest BCUT2D eigenvalue weighted by molar-refractivity contribution is -0.00803. The average Bonchev–Trinajstić information content (AvgIpc) is 3.26. The molecule has 1 unspecified atom stereocenters. The van der Waals surface area contributed by atoms with Gasteiger partial charge in [-0.1, -0.05) is 6.07 Å². The molecule has 1 saturated heterocycles. The van der Waals surface area contributed by atoms with Crippen LogP contribution in [0.2, 0.25) is 0 Å². The van der Waals surface area contributed by atoms with E-state index in [4.69, 9.17) is 9.73 Å². The van der Waals surface area contributed by atoms with E-state index >= 15 is 0 Å². The maximum absolute atomic E-state index is 5.92. The second kappa shape index (κ2) is 10.1. The Labute approximate surface area is 170 Å². The second-order valence-corrected chi connectivity index (χ2v) is 6.85. The van der Waals surface area contributed by atoms with E-state index in [1.807, 2.05) is 24.1 Å². The second-order valence-electron chi connectivity index (χ2n) is 5.82. The first-order valence-corrected chi connectivity index (χ1v) is 9.30. The Bertz CT molecular complexity index is 658. The van der Waals surface area contributed by atoms with Gasteiger partial charge in [-0.25, -0.2) is 0 Å². The van der Waals surface area contributed by atoms with Gasteiger partial charge in [-0.15, -0.1) is 35.3 Å². The van der Waals surface area contributed by atoms with Crippen molar-refractivity contribution in [2.45, 2.75) is 19.4 Å². The zero-order valence-electron chi connectivity index (χ0n) is 14.7. The summed E-state index contributed by atoms with van der Waals surface area (Å²) in [6.45, 7) is 6.14. The van der Waals surface area contributed by atoms with Crippen molar-refractivity contribution < 1.29 is 4.74 Å². The standard InChI is InChI=1S/C17H25N5OS.HI/c1-3-18-17(19-7-6-15-5-4-10-24-15)22-8-9-23-16(13-22)14-11-20-21(2)12-14;/h4-5,10-12,16H,3,6-9,13H2,1-2H3,(H,18,19);1H. The van der Waals surface area contributed by atoms with Crippen molar-refractivity contribution in [1.82, 2.24) is 20.0 Å². The Kier molecular flexibility index (Phi) is 8.17. The molecule has 8 heteroatoms. The quantitative estimate of drug-likeness (QED) is 0.411. The molecule has 1 aliphatic rings. The Morgan fingerprint density at radius 3 is 3.08 bits per heavy atom. The summed E-state index contributed by atoms with van der Waals surface area (Å²) >= 11 is 1.79. The van der Waals surface area contributed by atoms with Crippen molar-refractivity contribution in [3.05, 3.63) is 40.3 Å². The number of hydrogen-bond acceptors (Lipinski definition) is 4. The Morgan fingerprint density at radius 2 is 2.40 bits per heavy atom. The SMILES string of the molecule is CCNC(=NCCc1cccs1)N1CCOC(c2cnn(C)c2)C1.I. The van der Waals surface area contributed by atoms with E-state index in [2.05, 4.69) is 39.8 Å². The molecule has 0 spiro atoms. The summed E-state index contributed by atoms with van der Waals surface area (Å²) in [6.07, 6.45) is 4.95. The van der Waals surface area contributed by atoms with Gasteiger partial charge in [0.05, 0.1) is 19.3 Å². The number of ether oxygens (including phenoxy) is 1. The lowest BCUT2D eigenvalue weighted by Crippen LogP contribution is -2.48. The van der Waals surface area contributed by atoms with Gasteiger partial charge in [0.2, 0.25) is 0 Å². The van der Waals surface area contributed by atoms with Crippen LogP contribution in [0.25, 0.3) is 0 Å². The van der Waals surface area contributed by atoms with Crippen LogP contribution in [-0.4, -0.2) is 53.4 Å². The molecule has 0 saturated carbocycles. The van der Waals surface area contributed by atoms with Gasteiger partial charge in [0, 0.05) is 49.7 Å². The first-order chi connectivity index (χ1) is 11.8. The number of nitrogens with zero attached hydrogens (tertiary/aromatic N) is 4. The number of guanidine groups is 1. The summed E-state index contributed by atoms with van der Waals surface area (Å²) in [5.74, 6) is 0.978. The largest absolute Gasteiger partial charge is 0.370 e. The van der Waals surface area contributed by atoms with Crippen LogP contribution in [0.1, 0.15) is 23.5 Å². The van der Waals surface area contributed by atoms with Gasteiger partial charge in [-0.3, -0.25) is 9.67 Å². The molecule has 0 radical (unpaired) electrons. The number of aliphatic imine (C=N–C) groups is 1. The minimum absolute atomic E-state index is 0. The van der Waals surface area contributed by atoms with Crippen molar-refractivity contribution in [1.29, 1.82) is 0 Å².